The number of aromatic nitrogens is 1. The Bertz CT molecular complexity index is 778. The van der Waals surface area contributed by atoms with E-state index in [2.05, 4.69) is 75.6 Å². The summed E-state index contributed by atoms with van der Waals surface area (Å²) in [6.07, 6.45) is 3.78. The second-order valence-corrected chi connectivity index (χ2v) is 6.05. The lowest BCUT2D eigenvalue weighted by Crippen LogP contribution is -2.18. The summed E-state index contributed by atoms with van der Waals surface area (Å²) < 4.78 is 1.13. The van der Waals surface area contributed by atoms with Gasteiger partial charge in [-0.3, -0.25) is 4.98 Å². The zero-order valence-corrected chi connectivity index (χ0v) is 13.7. The molecule has 106 valence electrons. The molecule has 0 saturated carbocycles. The van der Waals surface area contributed by atoms with E-state index in [0.717, 1.165) is 4.47 Å². The smallest absolute Gasteiger partial charge is 0.0592 e. The van der Waals surface area contributed by atoms with Gasteiger partial charge in [0.05, 0.1) is 6.04 Å². The minimum absolute atomic E-state index is 0.132. The van der Waals surface area contributed by atoms with Gasteiger partial charge in [-0.1, -0.05) is 46.3 Å². The summed E-state index contributed by atoms with van der Waals surface area (Å²) in [4.78, 5) is 4.28. The molecule has 0 amide bonds. The van der Waals surface area contributed by atoms with Crippen molar-refractivity contribution in [3.05, 3.63) is 76.0 Å². The Hall–Kier alpha value is -1.71. The van der Waals surface area contributed by atoms with E-state index in [1.165, 1.54) is 27.5 Å². The van der Waals surface area contributed by atoms with Crippen LogP contribution >= 0.6 is 15.9 Å². The summed E-state index contributed by atoms with van der Waals surface area (Å²) in [7, 11) is 1.99. The molecule has 3 heteroatoms. The van der Waals surface area contributed by atoms with Gasteiger partial charge in [0.2, 0.25) is 0 Å². The molecule has 0 bridgehead atoms. The lowest BCUT2D eigenvalue weighted by atomic mass is 9.94. The monoisotopic (exact) mass is 340 g/mol. The van der Waals surface area contributed by atoms with Crippen LogP contribution < -0.4 is 5.32 Å². The molecule has 3 aromatic rings. The minimum Gasteiger partial charge on any atom is -0.309 e. The molecule has 2 aromatic carbocycles. The zero-order chi connectivity index (χ0) is 14.8. The maximum atomic E-state index is 4.28. The topological polar surface area (TPSA) is 24.9 Å². The lowest BCUT2D eigenvalue weighted by molar-refractivity contribution is 0.693. The van der Waals surface area contributed by atoms with Crippen molar-refractivity contribution in [1.82, 2.24) is 10.3 Å². The maximum Gasteiger partial charge on any atom is 0.0592 e. The van der Waals surface area contributed by atoms with Crippen molar-refractivity contribution in [2.75, 3.05) is 7.05 Å². The Labute approximate surface area is 133 Å². The first-order chi connectivity index (χ1) is 10.2. The number of hydrogen-bond acceptors (Lipinski definition) is 2. The van der Waals surface area contributed by atoms with Gasteiger partial charge in [0.25, 0.3) is 0 Å². The third-order valence-corrected chi connectivity index (χ3v) is 4.47. The normalized spacial score (nSPS) is 12.5. The molecule has 0 aliphatic heterocycles. The van der Waals surface area contributed by atoms with E-state index in [1.807, 2.05) is 19.4 Å². The van der Waals surface area contributed by atoms with Gasteiger partial charge in [0, 0.05) is 22.3 Å². The van der Waals surface area contributed by atoms with Gasteiger partial charge in [-0.05, 0) is 48.2 Å². The van der Waals surface area contributed by atoms with Crippen LogP contribution in [-0.2, 0) is 0 Å². The summed E-state index contributed by atoms with van der Waals surface area (Å²) >= 11 is 3.69. The van der Waals surface area contributed by atoms with E-state index < -0.39 is 0 Å². The molecular formula is C18H17BrN2. The highest BCUT2D eigenvalue weighted by Crippen LogP contribution is 2.32. The Morgan fingerprint density at radius 3 is 2.71 bits per heavy atom. The van der Waals surface area contributed by atoms with Crippen LogP contribution in [0.15, 0.2) is 59.3 Å². The van der Waals surface area contributed by atoms with E-state index >= 15 is 0 Å². The summed E-state index contributed by atoms with van der Waals surface area (Å²) in [5, 5.41) is 5.83. The molecule has 1 atom stereocenters. The number of fused-ring (bicyclic) bond motifs is 1. The molecule has 0 radical (unpaired) electrons. The van der Waals surface area contributed by atoms with Crippen LogP contribution in [0.1, 0.15) is 22.7 Å². The van der Waals surface area contributed by atoms with Crippen LogP contribution in [0, 0.1) is 6.92 Å². The first-order valence-corrected chi connectivity index (χ1v) is 7.76. The fraction of sp³-hybridized carbons (Fsp3) is 0.167. The molecule has 0 saturated heterocycles. The summed E-state index contributed by atoms with van der Waals surface area (Å²) in [6, 6.07) is 15.1. The third kappa shape index (κ3) is 2.71. The Balaban J connectivity index is 2.18. The number of hydrogen-bond donors (Lipinski definition) is 1. The molecule has 0 aliphatic rings. The Kier molecular flexibility index (Phi) is 4.04. The molecule has 1 N–H and O–H groups in total. The van der Waals surface area contributed by atoms with E-state index in [4.69, 9.17) is 0 Å². The van der Waals surface area contributed by atoms with Gasteiger partial charge < -0.3 is 5.32 Å². The van der Waals surface area contributed by atoms with E-state index in [0.29, 0.717) is 0 Å². The molecular weight excluding hydrogens is 324 g/mol. The predicted octanol–water partition coefficient (Wildman–Crippen LogP) is 4.61. The second kappa shape index (κ2) is 5.96. The molecule has 3 rings (SSSR count). The highest BCUT2D eigenvalue weighted by atomic mass is 79.9. The largest absolute Gasteiger partial charge is 0.309 e. The molecule has 1 aromatic heterocycles. The number of aryl methyl sites for hydroxylation is 1. The third-order valence-electron chi connectivity index (χ3n) is 3.78. The number of pyridine rings is 1. The number of benzene rings is 2. The predicted molar refractivity (Wildman–Crippen MR) is 91.5 cm³/mol. The van der Waals surface area contributed by atoms with E-state index in [9.17, 15) is 0 Å². The van der Waals surface area contributed by atoms with Gasteiger partial charge in [-0.2, -0.15) is 0 Å². The standard InChI is InChI=1S/C18H17BrN2/c1-12-6-7-15(17(19)10-12)18(20-2)14-5-3-4-13-8-9-21-11-16(13)14/h3-11,18,20H,1-2H3. The number of nitrogens with zero attached hydrogens (tertiary/aromatic N) is 1. The second-order valence-electron chi connectivity index (χ2n) is 5.19. The summed E-state index contributed by atoms with van der Waals surface area (Å²) in [5.41, 5.74) is 3.73. The SMILES string of the molecule is CNC(c1ccc(C)cc1Br)c1cccc2ccncc12. The van der Waals surface area contributed by atoms with Gasteiger partial charge in [-0.15, -0.1) is 0 Å². The van der Waals surface area contributed by atoms with Gasteiger partial charge >= 0.3 is 0 Å². The quantitative estimate of drug-likeness (QED) is 0.752. The maximum absolute atomic E-state index is 4.28. The number of rotatable bonds is 3. The van der Waals surface area contributed by atoms with Crippen molar-refractivity contribution >= 4 is 26.7 Å². The molecule has 1 unspecified atom stereocenters. The summed E-state index contributed by atoms with van der Waals surface area (Å²) in [6.45, 7) is 2.10. The van der Waals surface area contributed by atoms with Crippen molar-refractivity contribution in [3.8, 4) is 0 Å². The van der Waals surface area contributed by atoms with Crippen LogP contribution in [-0.4, -0.2) is 12.0 Å². The van der Waals surface area contributed by atoms with Gasteiger partial charge in [-0.25, -0.2) is 0 Å². The minimum atomic E-state index is 0.132. The Morgan fingerprint density at radius 1 is 1.10 bits per heavy atom. The van der Waals surface area contributed by atoms with Crippen LogP contribution in [0.4, 0.5) is 0 Å². The number of nitrogens with one attached hydrogen (secondary N) is 1. The molecule has 1 heterocycles. The first-order valence-electron chi connectivity index (χ1n) is 6.96. The van der Waals surface area contributed by atoms with Crippen LogP contribution in [0.3, 0.4) is 0 Å². The van der Waals surface area contributed by atoms with Crippen LogP contribution in [0.25, 0.3) is 10.8 Å². The van der Waals surface area contributed by atoms with E-state index in [-0.39, 0.29) is 6.04 Å². The average Bonchev–Trinajstić information content (AvgIpc) is 2.50. The van der Waals surface area contributed by atoms with Crippen molar-refractivity contribution in [3.63, 3.8) is 0 Å². The molecule has 0 fully saturated rings. The van der Waals surface area contributed by atoms with Gasteiger partial charge in [0.15, 0.2) is 0 Å². The fourth-order valence-electron chi connectivity index (χ4n) is 2.73. The molecule has 0 spiro atoms. The number of halogens is 1. The van der Waals surface area contributed by atoms with Crippen LogP contribution in [0.5, 0.6) is 0 Å². The van der Waals surface area contributed by atoms with Gasteiger partial charge in [0.1, 0.15) is 0 Å². The van der Waals surface area contributed by atoms with Crippen LogP contribution in [0.2, 0.25) is 0 Å². The average molecular weight is 341 g/mol. The van der Waals surface area contributed by atoms with Crippen molar-refractivity contribution < 1.29 is 0 Å². The zero-order valence-electron chi connectivity index (χ0n) is 12.1. The van der Waals surface area contributed by atoms with Crippen molar-refractivity contribution in [2.45, 2.75) is 13.0 Å². The Morgan fingerprint density at radius 2 is 1.95 bits per heavy atom. The lowest BCUT2D eigenvalue weighted by Gasteiger charge is -2.20. The highest BCUT2D eigenvalue weighted by molar-refractivity contribution is 9.10. The summed E-state index contributed by atoms with van der Waals surface area (Å²) in [5.74, 6) is 0. The first kappa shape index (κ1) is 14.2. The van der Waals surface area contributed by atoms with Crippen molar-refractivity contribution in [2.24, 2.45) is 0 Å². The molecule has 21 heavy (non-hydrogen) atoms. The fourth-order valence-corrected chi connectivity index (χ4v) is 3.46. The molecule has 0 aliphatic carbocycles. The highest BCUT2D eigenvalue weighted by Gasteiger charge is 2.17. The van der Waals surface area contributed by atoms with Crippen molar-refractivity contribution in [1.29, 1.82) is 0 Å². The molecule has 2 nitrogen and oxygen atoms in total. The van der Waals surface area contributed by atoms with E-state index in [1.54, 1.807) is 0 Å².